The summed E-state index contributed by atoms with van der Waals surface area (Å²) in [5, 5.41) is 37.3. The predicted molar refractivity (Wildman–Crippen MR) is 59.8 cm³/mol. The van der Waals surface area contributed by atoms with E-state index in [2.05, 4.69) is 0 Å². The van der Waals surface area contributed by atoms with Crippen molar-refractivity contribution in [3.63, 3.8) is 0 Å². The van der Waals surface area contributed by atoms with Crippen LogP contribution < -0.4 is 0 Å². The number of rotatable bonds is 4. The van der Waals surface area contributed by atoms with Crippen LogP contribution in [0.25, 0.3) is 0 Å². The lowest BCUT2D eigenvalue weighted by Crippen LogP contribution is -2.40. The van der Waals surface area contributed by atoms with Gasteiger partial charge in [-0.3, -0.25) is 9.69 Å². The molecule has 17 heavy (non-hydrogen) atoms. The number of nitrogens with zero attached hydrogens (tertiary/aromatic N) is 1. The van der Waals surface area contributed by atoms with Crippen LogP contribution in [0.2, 0.25) is 0 Å². The van der Waals surface area contributed by atoms with Crippen molar-refractivity contribution in [2.24, 2.45) is 0 Å². The zero-order chi connectivity index (χ0) is 13.2. The van der Waals surface area contributed by atoms with E-state index in [1.54, 1.807) is 0 Å². The van der Waals surface area contributed by atoms with Gasteiger partial charge in [0.05, 0.1) is 0 Å². The summed E-state index contributed by atoms with van der Waals surface area (Å²) in [6, 6.07) is 2.57. The average Bonchev–Trinajstić information content (AvgIpc) is 2.20. The lowest BCUT2D eigenvalue weighted by molar-refractivity contribution is -0.146. The van der Waals surface area contributed by atoms with Gasteiger partial charge in [0.15, 0.2) is 11.5 Å². The Morgan fingerprint density at radius 3 is 2.24 bits per heavy atom. The lowest BCUT2D eigenvalue weighted by Gasteiger charge is -2.25. The van der Waals surface area contributed by atoms with Crippen LogP contribution in [-0.4, -0.2) is 51.4 Å². The highest BCUT2D eigenvalue weighted by Gasteiger charge is 2.30. The number of phenols is 2. The smallest absolute Gasteiger partial charge is 0.323 e. The Bertz CT molecular complexity index is 418. The monoisotopic (exact) mass is 241 g/mol. The third kappa shape index (κ3) is 2.86. The molecule has 1 unspecified atom stereocenters. The number of phenolic OH excluding ortho intramolecular Hbond substituents is 2. The third-order valence-corrected chi connectivity index (χ3v) is 2.45. The molecule has 0 aliphatic rings. The molecule has 4 N–H and O–H groups in total. The molecule has 2 atom stereocenters. The minimum atomic E-state index is -1.30. The van der Waals surface area contributed by atoms with Crippen molar-refractivity contribution in [2.45, 2.75) is 12.1 Å². The van der Waals surface area contributed by atoms with Crippen LogP contribution in [0.5, 0.6) is 11.5 Å². The van der Waals surface area contributed by atoms with Gasteiger partial charge in [-0.25, -0.2) is 0 Å². The molecule has 0 spiro atoms. The molecule has 0 radical (unpaired) electrons. The van der Waals surface area contributed by atoms with E-state index in [1.807, 2.05) is 0 Å². The van der Waals surface area contributed by atoms with Crippen molar-refractivity contribution in [2.75, 3.05) is 14.1 Å². The van der Waals surface area contributed by atoms with E-state index < -0.39 is 23.9 Å². The summed E-state index contributed by atoms with van der Waals surface area (Å²) < 4.78 is 0. The third-order valence-electron chi connectivity index (χ3n) is 2.45. The Morgan fingerprint density at radius 2 is 1.82 bits per heavy atom. The van der Waals surface area contributed by atoms with Crippen LogP contribution in [0.4, 0.5) is 0 Å². The second kappa shape index (κ2) is 5.03. The Balaban J connectivity index is 3.05. The van der Waals surface area contributed by atoms with Crippen LogP contribution >= 0.6 is 0 Å². The van der Waals surface area contributed by atoms with Gasteiger partial charge in [0.25, 0.3) is 0 Å². The maximum Gasteiger partial charge on any atom is 0.323 e. The average molecular weight is 241 g/mol. The first-order valence-electron chi connectivity index (χ1n) is 4.93. The summed E-state index contributed by atoms with van der Waals surface area (Å²) in [4.78, 5) is 12.4. The maximum absolute atomic E-state index is 11.0. The molecule has 0 amide bonds. The number of aromatic hydroxyl groups is 2. The Hall–Kier alpha value is -1.79. The summed E-state index contributed by atoms with van der Waals surface area (Å²) in [5.74, 6) is -1.89. The highest BCUT2D eigenvalue weighted by molar-refractivity contribution is 5.74. The van der Waals surface area contributed by atoms with Crippen LogP contribution in [0.3, 0.4) is 0 Å². The van der Waals surface area contributed by atoms with Gasteiger partial charge in [-0.05, 0) is 31.8 Å². The Kier molecular flexibility index (Phi) is 3.93. The minimum Gasteiger partial charge on any atom is -0.504 e. The number of likely N-dealkylation sites (N-methyl/N-ethyl adjacent to an activating group) is 1. The summed E-state index contributed by atoms with van der Waals surface area (Å²) in [6.07, 6.45) is -1.30. The van der Waals surface area contributed by atoms with E-state index in [-0.39, 0.29) is 11.3 Å². The molecule has 6 nitrogen and oxygen atoms in total. The summed E-state index contributed by atoms with van der Waals surface area (Å²) in [6.45, 7) is 0. The predicted octanol–water partition coefficient (Wildman–Crippen LogP) is 0.146. The first-order valence-corrected chi connectivity index (χ1v) is 4.93. The molecule has 1 aromatic rings. The van der Waals surface area contributed by atoms with Gasteiger partial charge in [-0.15, -0.1) is 0 Å². The number of hydrogen-bond donors (Lipinski definition) is 4. The summed E-state index contributed by atoms with van der Waals surface area (Å²) in [5.41, 5.74) is 0.224. The number of aliphatic hydroxyl groups excluding tert-OH is 1. The molecular weight excluding hydrogens is 226 g/mol. The maximum atomic E-state index is 11.0. The van der Waals surface area contributed by atoms with Gasteiger partial charge in [0, 0.05) is 0 Å². The summed E-state index contributed by atoms with van der Waals surface area (Å²) in [7, 11) is 3.06. The highest BCUT2D eigenvalue weighted by Crippen LogP contribution is 2.29. The van der Waals surface area contributed by atoms with Gasteiger partial charge >= 0.3 is 5.97 Å². The molecule has 1 rings (SSSR count). The topological polar surface area (TPSA) is 101 Å². The molecule has 0 saturated heterocycles. The number of carboxylic acids is 1. The molecule has 0 aromatic heterocycles. The number of benzene rings is 1. The molecule has 94 valence electrons. The minimum absolute atomic E-state index is 0.224. The molecule has 0 aliphatic carbocycles. The zero-order valence-electron chi connectivity index (χ0n) is 9.53. The van der Waals surface area contributed by atoms with Crippen LogP contribution in [0, 0.1) is 0 Å². The molecule has 0 bridgehead atoms. The number of aliphatic carboxylic acids is 1. The Morgan fingerprint density at radius 1 is 1.24 bits per heavy atom. The second-order valence-electron chi connectivity index (χ2n) is 3.94. The van der Waals surface area contributed by atoms with E-state index in [0.717, 1.165) is 6.07 Å². The number of carbonyl (C=O) groups is 1. The van der Waals surface area contributed by atoms with Crippen molar-refractivity contribution in [3.05, 3.63) is 23.8 Å². The normalized spacial score (nSPS) is 14.6. The van der Waals surface area contributed by atoms with Gasteiger partial charge in [0.1, 0.15) is 12.1 Å². The van der Waals surface area contributed by atoms with E-state index in [1.165, 1.54) is 31.1 Å². The van der Waals surface area contributed by atoms with E-state index in [0.29, 0.717) is 0 Å². The SMILES string of the molecule is CN(C)[C@H](C(=O)O)C(O)c1ccc(O)c(O)c1. The van der Waals surface area contributed by atoms with Crippen molar-refractivity contribution in [3.8, 4) is 11.5 Å². The van der Waals surface area contributed by atoms with Crippen LogP contribution in [-0.2, 0) is 4.79 Å². The largest absolute Gasteiger partial charge is 0.504 e. The number of aliphatic hydroxyl groups is 1. The molecule has 6 heteroatoms. The molecule has 0 aliphatic heterocycles. The molecular formula is C11H15NO5. The zero-order valence-corrected chi connectivity index (χ0v) is 9.53. The fraction of sp³-hybridized carbons (Fsp3) is 0.364. The number of hydrogen-bond acceptors (Lipinski definition) is 5. The fourth-order valence-corrected chi connectivity index (χ4v) is 1.55. The quantitative estimate of drug-likeness (QED) is 0.560. The standard InChI is InChI=1S/C11H15NO5/c1-12(2)9(11(16)17)10(15)6-3-4-7(13)8(14)5-6/h3-5,9-10,13-15H,1-2H3,(H,16,17)/t9-,10?/m0/s1. The van der Waals surface area contributed by atoms with Crippen LogP contribution in [0.15, 0.2) is 18.2 Å². The van der Waals surface area contributed by atoms with Gasteiger partial charge in [0.2, 0.25) is 0 Å². The lowest BCUT2D eigenvalue weighted by atomic mass is 10.0. The Labute approximate surface area is 98.4 Å². The first kappa shape index (κ1) is 13.3. The van der Waals surface area contributed by atoms with Crippen molar-refractivity contribution >= 4 is 5.97 Å². The van der Waals surface area contributed by atoms with Gasteiger partial charge in [-0.2, -0.15) is 0 Å². The molecule has 1 aromatic carbocycles. The molecule has 0 heterocycles. The van der Waals surface area contributed by atoms with Crippen LogP contribution in [0.1, 0.15) is 11.7 Å². The van der Waals surface area contributed by atoms with Gasteiger partial charge in [-0.1, -0.05) is 6.07 Å². The van der Waals surface area contributed by atoms with E-state index in [4.69, 9.17) is 10.2 Å². The second-order valence-corrected chi connectivity index (χ2v) is 3.94. The number of carboxylic acid groups (broad SMARTS) is 1. The highest BCUT2D eigenvalue weighted by atomic mass is 16.4. The van der Waals surface area contributed by atoms with E-state index in [9.17, 15) is 15.0 Å². The first-order chi connectivity index (χ1) is 7.84. The van der Waals surface area contributed by atoms with E-state index >= 15 is 0 Å². The van der Waals surface area contributed by atoms with Crippen molar-refractivity contribution < 1.29 is 25.2 Å². The van der Waals surface area contributed by atoms with Crippen molar-refractivity contribution in [1.82, 2.24) is 4.90 Å². The van der Waals surface area contributed by atoms with Gasteiger partial charge < -0.3 is 20.4 Å². The molecule has 0 fully saturated rings. The molecule has 0 saturated carbocycles. The summed E-state index contributed by atoms with van der Waals surface area (Å²) >= 11 is 0. The van der Waals surface area contributed by atoms with Crippen molar-refractivity contribution in [1.29, 1.82) is 0 Å². The fourth-order valence-electron chi connectivity index (χ4n) is 1.55.